The van der Waals surface area contributed by atoms with Crippen molar-refractivity contribution < 1.29 is 23.1 Å². The second kappa shape index (κ2) is 8.35. The molecule has 1 aliphatic heterocycles. The van der Waals surface area contributed by atoms with E-state index in [2.05, 4.69) is 10.6 Å². The van der Waals surface area contributed by atoms with Gasteiger partial charge in [-0.3, -0.25) is 9.59 Å². The van der Waals surface area contributed by atoms with Crippen molar-refractivity contribution in [2.45, 2.75) is 18.8 Å². The van der Waals surface area contributed by atoms with Gasteiger partial charge < -0.3 is 21.1 Å². The molecule has 0 unspecified atom stereocenters. The van der Waals surface area contributed by atoms with Crippen molar-refractivity contribution >= 4 is 17.5 Å². The summed E-state index contributed by atoms with van der Waals surface area (Å²) in [5.41, 5.74) is 5.79. The first-order valence-corrected chi connectivity index (χ1v) is 8.94. The number of ether oxygens (including phenoxy) is 1. The Hall–Kier alpha value is -3.00. The lowest BCUT2D eigenvalue weighted by atomic mass is 9.90. The zero-order valence-electron chi connectivity index (χ0n) is 15.1. The summed E-state index contributed by atoms with van der Waals surface area (Å²) in [6.45, 7) is 0.965. The van der Waals surface area contributed by atoms with Crippen LogP contribution in [0.4, 0.5) is 14.5 Å². The minimum atomic E-state index is -3.42. The van der Waals surface area contributed by atoms with Crippen LogP contribution >= 0.6 is 0 Å². The highest BCUT2D eigenvalue weighted by Crippen LogP contribution is 2.33. The molecule has 0 spiro atoms. The standard InChI is InChI=1S/C20H21F2N3O3/c21-20(22,14-8-10-24-11-9-14)19(27)25-15-4-6-16(7-5-15)28-17-3-1-2-13(12-17)18(23)26/h1-7,12,14,24H,8-11H2,(H2,23,26)(H,25,27). The van der Waals surface area contributed by atoms with Crippen LogP contribution in [0.1, 0.15) is 23.2 Å². The Balaban J connectivity index is 1.63. The zero-order chi connectivity index (χ0) is 20.1. The number of amides is 2. The monoisotopic (exact) mass is 389 g/mol. The number of anilines is 1. The van der Waals surface area contributed by atoms with E-state index in [1.807, 2.05) is 0 Å². The smallest absolute Gasteiger partial charge is 0.327 e. The van der Waals surface area contributed by atoms with E-state index in [9.17, 15) is 18.4 Å². The summed E-state index contributed by atoms with van der Waals surface area (Å²) in [7, 11) is 0. The molecule has 0 radical (unpaired) electrons. The van der Waals surface area contributed by atoms with Crippen molar-refractivity contribution in [3.63, 3.8) is 0 Å². The number of carbonyl (C=O) groups excluding carboxylic acids is 2. The first-order chi connectivity index (χ1) is 13.4. The number of piperidine rings is 1. The molecule has 148 valence electrons. The molecule has 1 heterocycles. The van der Waals surface area contributed by atoms with Crippen LogP contribution in [-0.2, 0) is 4.79 Å². The number of alkyl halides is 2. The highest BCUT2D eigenvalue weighted by molar-refractivity contribution is 5.96. The molecule has 2 aromatic carbocycles. The molecule has 1 fully saturated rings. The first kappa shape index (κ1) is 19.8. The third kappa shape index (κ3) is 4.64. The van der Waals surface area contributed by atoms with Crippen molar-refractivity contribution in [3.05, 3.63) is 54.1 Å². The van der Waals surface area contributed by atoms with E-state index < -0.39 is 23.7 Å². The Bertz CT molecular complexity index is 850. The zero-order valence-corrected chi connectivity index (χ0v) is 15.1. The van der Waals surface area contributed by atoms with E-state index in [-0.39, 0.29) is 18.5 Å². The SMILES string of the molecule is NC(=O)c1cccc(Oc2ccc(NC(=O)C(F)(F)C3CCNCC3)cc2)c1. The van der Waals surface area contributed by atoms with Gasteiger partial charge in [0.2, 0.25) is 5.91 Å². The molecule has 0 aliphatic carbocycles. The Morgan fingerprint density at radius 2 is 1.75 bits per heavy atom. The van der Waals surface area contributed by atoms with Gasteiger partial charge >= 0.3 is 5.92 Å². The number of rotatable bonds is 6. The van der Waals surface area contributed by atoms with Crippen LogP contribution in [0.25, 0.3) is 0 Å². The predicted molar refractivity (Wildman–Crippen MR) is 101 cm³/mol. The minimum Gasteiger partial charge on any atom is -0.457 e. The average Bonchev–Trinajstić information content (AvgIpc) is 2.70. The molecule has 4 N–H and O–H groups in total. The minimum absolute atomic E-state index is 0.247. The molecule has 0 bridgehead atoms. The molecule has 28 heavy (non-hydrogen) atoms. The van der Waals surface area contributed by atoms with Crippen LogP contribution < -0.4 is 21.1 Å². The van der Waals surface area contributed by atoms with Gasteiger partial charge in [0.15, 0.2) is 0 Å². The maximum atomic E-state index is 14.4. The van der Waals surface area contributed by atoms with E-state index in [1.165, 1.54) is 30.3 Å². The van der Waals surface area contributed by atoms with Gasteiger partial charge in [-0.25, -0.2) is 0 Å². The molecule has 0 atom stereocenters. The summed E-state index contributed by atoms with van der Waals surface area (Å²) in [4.78, 5) is 23.3. The Morgan fingerprint density at radius 3 is 2.39 bits per heavy atom. The first-order valence-electron chi connectivity index (χ1n) is 8.94. The number of hydrogen-bond donors (Lipinski definition) is 3. The van der Waals surface area contributed by atoms with Gasteiger partial charge in [0.05, 0.1) is 0 Å². The third-order valence-corrected chi connectivity index (χ3v) is 4.62. The topological polar surface area (TPSA) is 93.5 Å². The second-order valence-corrected chi connectivity index (χ2v) is 6.62. The van der Waals surface area contributed by atoms with Crippen molar-refractivity contribution in [2.24, 2.45) is 11.7 Å². The lowest BCUT2D eigenvalue weighted by Crippen LogP contribution is -2.45. The van der Waals surface area contributed by atoms with E-state index in [0.717, 1.165) is 0 Å². The number of hydrogen-bond acceptors (Lipinski definition) is 4. The van der Waals surface area contributed by atoms with Crippen molar-refractivity contribution in [3.8, 4) is 11.5 Å². The van der Waals surface area contributed by atoms with Crippen molar-refractivity contribution in [1.82, 2.24) is 5.32 Å². The summed E-state index contributed by atoms with van der Waals surface area (Å²) in [5, 5.41) is 5.28. The molecule has 1 aliphatic rings. The van der Waals surface area contributed by atoms with E-state index in [4.69, 9.17) is 10.5 Å². The number of halogens is 2. The Labute approximate surface area is 161 Å². The summed E-state index contributed by atoms with van der Waals surface area (Å²) >= 11 is 0. The molecule has 6 nitrogen and oxygen atoms in total. The number of nitrogens with two attached hydrogens (primary N) is 1. The molecule has 0 aromatic heterocycles. The van der Waals surface area contributed by atoms with Gasteiger partial charge in [-0.2, -0.15) is 8.78 Å². The van der Waals surface area contributed by atoms with Crippen LogP contribution in [0.2, 0.25) is 0 Å². The van der Waals surface area contributed by atoms with Gasteiger partial charge in [-0.1, -0.05) is 6.07 Å². The number of benzene rings is 2. The molecule has 0 saturated carbocycles. The fourth-order valence-corrected chi connectivity index (χ4v) is 3.04. The summed E-state index contributed by atoms with van der Waals surface area (Å²) in [6, 6.07) is 12.4. The normalized spacial score (nSPS) is 15.1. The highest BCUT2D eigenvalue weighted by Gasteiger charge is 2.47. The van der Waals surface area contributed by atoms with Crippen LogP contribution in [0.3, 0.4) is 0 Å². The summed E-state index contributed by atoms with van der Waals surface area (Å²) in [6.07, 6.45) is 0.523. The van der Waals surface area contributed by atoms with E-state index in [0.29, 0.717) is 30.2 Å². The molecule has 2 amide bonds. The molecular weight excluding hydrogens is 368 g/mol. The van der Waals surface area contributed by atoms with Crippen LogP contribution in [0.15, 0.2) is 48.5 Å². The highest BCUT2D eigenvalue weighted by atomic mass is 19.3. The fraction of sp³-hybridized carbons (Fsp3) is 0.300. The number of primary amides is 1. The van der Waals surface area contributed by atoms with Gasteiger partial charge in [-0.05, 0) is 68.4 Å². The van der Waals surface area contributed by atoms with Crippen LogP contribution in [0, 0.1) is 5.92 Å². The van der Waals surface area contributed by atoms with E-state index >= 15 is 0 Å². The predicted octanol–water partition coefficient (Wildman–Crippen LogP) is 3.15. The number of carbonyl (C=O) groups is 2. The van der Waals surface area contributed by atoms with Crippen LogP contribution in [0.5, 0.6) is 11.5 Å². The van der Waals surface area contributed by atoms with Crippen molar-refractivity contribution in [2.75, 3.05) is 18.4 Å². The van der Waals surface area contributed by atoms with Gasteiger partial charge in [0, 0.05) is 17.2 Å². The Morgan fingerprint density at radius 1 is 1.07 bits per heavy atom. The molecule has 3 rings (SSSR count). The summed E-state index contributed by atoms with van der Waals surface area (Å²) in [5.74, 6) is -5.43. The molecule has 8 heteroatoms. The molecule has 1 saturated heterocycles. The maximum Gasteiger partial charge on any atom is 0.327 e. The second-order valence-electron chi connectivity index (χ2n) is 6.62. The van der Waals surface area contributed by atoms with Gasteiger partial charge in [0.1, 0.15) is 11.5 Å². The maximum absolute atomic E-state index is 14.4. The lowest BCUT2D eigenvalue weighted by molar-refractivity contribution is -0.149. The Kier molecular flexibility index (Phi) is 5.89. The molecule has 2 aromatic rings. The fourth-order valence-electron chi connectivity index (χ4n) is 3.04. The summed E-state index contributed by atoms with van der Waals surface area (Å²) < 4.78 is 34.3. The third-order valence-electron chi connectivity index (χ3n) is 4.62. The number of nitrogens with one attached hydrogen (secondary N) is 2. The quantitative estimate of drug-likeness (QED) is 0.708. The lowest BCUT2D eigenvalue weighted by Gasteiger charge is -2.29. The van der Waals surface area contributed by atoms with Crippen LogP contribution in [-0.4, -0.2) is 30.8 Å². The van der Waals surface area contributed by atoms with E-state index in [1.54, 1.807) is 18.2 Å². The van der Waals surface area contributed by atoms with Gasteiger partial charge in [-0.15, -0.1) is 0 Å². The largest absolute Gasteiger partial charge is 0.457 e. The average molecular weight is 389 g/mol. The molecular formula is C20H21F2N3O3. The van der Waals surface area contributed by atoms with Crippen molar-refractivity contribution in [1.29, 1.82) is 0 Å². The van der Waals surface area contributed by atoms with Gasteiger partial charge in [0.25, 0.3) is 5.91 Å².